The van der Waals surface area contributed by atoms with Crippen molar-refractivity contribution in [3.8, 4) is 5.75 Å². The molecule has 1 fully saturated rings. The first-order valence-corrected chi connectivity index (χ1v) is 11.6. The van der Waals surface area contributed by atoms with E-state index in [4.69, 9.17) is 4.74 Å². The van der Waals surface area contributed by atoms with Crippen molar-refractivity contribution >= 4 is 40.4 Å². The van der Waals surface area contributed by atoms with Crippen LogP contribution in [0.5, 0.6) is 5.75 Å². The van der Waals surface area contributed by atoms with Gasteiger partial charge in [0.1, 0.15) is 17.9 Å². The molecule has 36 heavy (non-hydrogen) atoms. The highest BCUT2D eigenvalue weighted by molar-refractivity contribution is 6.39. The quantitative estimate of drug-likeness (QED) is 0.296. The molecule has 0 unspecified atom stereocenters. The minimum Gasteiger partial charge on any atom is -0.488 e. The standard InChI is InChI=1S/C30H24N2O4/c1-19-12-14-26(20(2)16-19)32-29(34)25(28(33)31-30(32)35)17-24-23-11-7-6-10-22(23)13-15-27(24)36-18-21-8-4-3-5-9-21/h3-17H,18H2,1-2H3,(H,31,33,35)/b25-17+. The number of anilines is 1. The molecule has 6 nitrogen and oxygen atoms in total. The molecule has 0 spiro atoms. The van der Waals surface area contributed by atoms with Gasteiger partial charge < -0.3 is 4.74 Å². The molecule has 0 aromatic heterocycles. The van der Waals surface area contributed by atoms with Crippen molar-refractivity contribution in [2.45, 2.75) is 20.5 Å². The van der Waals surface area contributed by atoms with Gasteiger partial charge in [0, 0.05) is 5.56 Å². The summed E-state index contributed by atoms with van der Waals surface area (Å²) in [6.07, 6.45) is 1.52. The van der Waals surface area contributed by atoms with E-state index in [9.17, 15) is 14.4 Å². The van der Waals surface area contributed by atoms with E-state index in [1.807, 2.05) is 92.7 Å². The van der Waals surface area contributed by atoms with Gasteiger partial charge in [-0.15, -0.1) is 0 Å². The lowest BCUT2D eigenvalue weighted by Gasteiger charge is -2.28. The van der Waals surface area contributed by atoms with Gasteiger partial charge in [0.2, 0.25) is 0 Å². The van der Waals surface area contributed by atoms with Crippen LogP contribution in [0.4, 0.5) is 10.5 Å². The first kappa shape index (κ1) is 23.1. The highest BCUT2D eigenvalue weighted by Gasteiger charge is 2.37. The number of nitrogens with one attached hydrogen (secondary N) is 1. The van der Waals surface area contributed by atoms with Gasteiger partial charge in [0.15, 0.2) is 0 Å². The number of barbiturate groups is 1. The number of ether oxygens (including phenoxy) is 1. The van der Waals surface area contributed by atoms with Crippen LogP contribution in [0.25, 0.3) is 16.8 Å². The van der Waals surface area contributed by atoms with Crippen LogP contribution in [0, 0.1) is 13.8 Å². The Balaban J connectivity index is 1.60. The lowest BCUT2D eigenvalue weighted by atomic mass is 9.99. The van der Waals surface area contributed by atoms with Crippen molar-refractivity contribution in [3.05, 3.63) is 113 Å². The van der Waals surface area contributed by atoms with Crippen molar-refractivity contribution in [2.75, 3.05) is 4.90 Å². The van der Waals surface area contributed by atoms with Crippen LogP contribution in [0.15, 0.2) is 90.5 Å². The number of urea groups is 1. The number of hydrogen-bond acceptors (Lipinski definition) is 4. The van der Waals surface area contributed by atoms with Crippen LogP contribution in [0.2, 0.25) is 0 Å². The molecule has 1 aliphatic rings. The number of aryl methyl sites for hydroxylation is 2. The summed E-state index contributed by atoms with van der Waals surface area (Å²) in [5.41, 5.74) is 3.63. The van der Waals surface area contributed by atoms with E-state index < -0.39 is 17.8 Å². The molecule has 6 heteroatoms. The Labute approximate surface area is 208 Å². The Morgan fingerprint density at radius 1 is 0.861 bits per heavy atom. The molecule has 4 amide bonds. The Morgan fingerprint density at radius 3 is 2.39 bits per heavy atom. The third kappa shape index (κ3) is 4.36. The van der Waals surface area contributed by atoms with Gasteiger partial charge in [-0.1, -0.05) is 78.4 Å². The van der Waals surface area contributed by atoms with Gasteiger partial charge in [-0.25, -0.2) is 9.69 Å². The second-order valence-corrected chi connectivity index (χ2v) is 8.72. The van der Waals surface area contributed by atoms with Gasteiger partial charge in [-0.2, -0.15) is 0 Å². The zero-order valence-electron chi connectivity index (χ0n) is 19.9. The highest BCUT2D eigenvalue weighted by Crippen LogP contribution is 2.33. The first-order valence-electron chi connectivity index (χ1n) is 11.6. The number of benzene rings is 4. The third-order valence-corrected chi connectivity index (χ3v) is 6.15. The molecule has 0 saturated carbocycles. The van der Waals surface area contributed by atoms with Crippen LogP contribution in [-0.4, -0.2) is 17.8 Å². The Bertz CT molecular complexity index is 1540. The fourth-order valence-corrected chi connectivity index (χ4v) is 4.36. The average Bonchev–Trinajstić information content (AvgIpc) is 2.87. The maximum atomic E-state index is 13.6. The highest BCUT2D eigenvalue weighted by atomic mass is 16.5. The normalized spacial score (nSPS) is 14.9. The molecule has 1 N–H and O–H groups in total. The minimum absolute atomic E-state index is 0.143. The molecule has 0 atom stereocenters. The third-order valence-electron chi connectivity index (χ3n) is 6.15. The van der Waals surface area contributed by atoms with Crippen molar-refractivity contribution in [3.63, 3.8) is 0 Å². The van der Waals surface area contributed by atoms with Crippen LogP contribution in [-0.2, 0) is 16.2 Å². The summed E-state index contributed by atoms with van der Waals surface area (Å²) in [7, 11) is 0. The van der Waals surface area contributed by atoms with E-state index in [0.29, 0.717) is 23.6 Å². The summed E-state index contributed by atoms with van der Waals surface area (Å²) in [4.78, 5) is 40.1. The molecular formula is C30H24N2O4. The molecule has 1 saturated heterocycles. The molecule has 0 bridgehead atoms. The van der Waals surface area contributed by atoms with E-state index in [2.05, 4.69) is 5.32 Å². The van der Waals surface area contributed by atoms with Gasteiger partial charge in [-0.05, 0) is 54.0 Å². The molecule has 4 aromatic carbocycles. The SMILES string of the molecule is Cc1ccc(N2C(=O)NC(=O)/C(=C\c3c(OCc4ccccc4)ccc4ccccc34)C2=O)c(C)c1. The van der Waals surface area contributed by atoms with Gasteiger partial charge >= 0.3 is 6.03 Å². The Morgan fingerprint density at radius 2 is 1.61 bits per heavy atom. The number of imide groups is 2. The number of carbonyl (C=O) groups excluding carboxylic acids is 3. The van der Waals surface area contributed by atoms with Crippen LogP contribution in [0.3, 0.4) is 0 Å². The summed E-state index contributed by atoms with van der Waals surface area (Å²) >= 11 is 0. The van der Waals surface area contributed by atoms with Crippen LogP contribution < -0.4 is 15.0 Å². The van der Waals surface area contributed by atoms with Crippen molar-refractivity contribution in [1.82, 2.24) is 5.32 Å². The number of nitrogens with zero attached hydrogens (tertiary/aromatic N) is 1. The zero-order chi connectivity index (χ0) is 25.2. The smallest absolute Gasteiger partial charge is 0.335 e. The molecule has 1 heterocycles. The van der Waals surface area contributed by atoms with E-state index in [1.54, 1.807) is 6.07 Å². The molecule has 0 aliphatic carbocycles. The summed E-state index contributed by atoms with van der Waals surface area (Å²) in [6.45, 7) is 4.08. The molecule has 178 valence electrons. The van der Waals surface area contributed by atoms with E-state index in [1.165, 1.54) is 6.08 Å². The Kier molecular flexibility index (Phi) is 6.09. The maximum absolute atomic E-state index is 13.6. The summed E-state index contributed by atoms with van der Waals surface area (Å²) in [5, 5.41) is 4.07. The summed E-state index contributed by atoms with van der Waals surface area (Å²) in [6, 6.07) is 25.8. The number of carbonyl (C=O) groups is 3. The minimum atomic E-state index is -0.771. The fraction of sp³-hybridized carbons (Fsp3) is 0.100. The molecule has 1 aliphatic heterocycles. The topological polar surface area (TPSA) is 75.7 Å². The predicted molar refractivity (Wildman–Crippen MR) is 140 cm³/mol. The number of fused-ring (bicyclic) bond motifs is 1. The summed E-state index contributed by atoms with van der Waals surface area (Å²) < 4.78 is 6.14. The van der Waals surface area contributed by atoms with Crippen molar-refractivity contribution < 1.29 is 19.1 Å². The molecule has 5 rings (SSSR count). The second kappa shape index (κ2) is 9.50. The number of hydrogen-bond donors (Lipinski definition) is 1. The van der Waals surface area contributed by atoms with Crippen LogP contribution >= 0.6 is 0 Å². The molecular weight excluding hydrogens is 452 g/mol. The lowest BCUT2D eigenvalue weighted by Crippen LogP contribution is -2.54. The predicted octanol–water partition coefficient (Wildman–Crippen LogP) is 5.70. The monoisotopic (exact) mass is 476 g/mol. The average molecular weight is 477 g/mol. The second-order valence-electron chi connectivity index (χ2n) is 8.72. The van der Waals surface area contributed by atoms with Gasteiger partial charge in [-0.3, -0.25) is 14.9 Å². The van der Waals surface area contributed by atoms with Gasteiger partial charge in [0.25, 0.3) is 11.8 Å². The largest absolute Gasteiger partial charge is 0.488 e. The number of amides is 4. The molecule has 4 aromatic rings. The van der Waals surface area contributed by atoms with Crippen LogP contribution in [0.1, 0.15) is 22.3 Å². The van der Waals surface area contributed by atoms with Gasteiger partial charge in [0.05, 0.1) is 5.69 Å². The van der Waals surface area contributed by atoms with E-state index >= 15 is 0 Å². The van der Waals surface area contributed by atoms with Crippen molar-refractivity contribution in [1.29, 1.82) is 0 Å². The zero-order valence-corrected chi connectivity index (χ0v) is 19.9. The Hall–Kier alpha value is -4.71. The summed E-state index contributed by atoms with van der Waals surface area (Å²) in [5.74, 6) is -0.897. The number of rotatable bonds is 5. The maximum Gasteiger partial charge on any atom is 0.335 e. The molecule has 0 radical (unpaired) electrons. The fourth-order valence-electron chi connectivity index (χ4n) is 4.36. The van der Waals surface area contributed by atoms with E-state index in [0.717, 1.165) is 32.4 Å². The lowest BCUT2D eigenvalue weighted by molar-refractivity contribution is -0.122. The van der Waals surface area contributed by atoms with E-state index in [-0.39, 0.29) is 5.57 Å². The van der Waals surface area contributed by atoms with Crippen molar-refractivity contribution in [2.24, 2.45) is 0 Å². The first-order chi connectivity index (χ1) is 17.4.